The molecule has 0 saturated carbocycles. The number of aliphatic carboxylic acids is 1. The van der Waals surface area contributed by atoms with Gasteiger partial charge in [0.1, 0.15) is 0 Å². The molecule has 0 radical (unpaired) electrons. The maximum Gasteiger partial charge on any atom is 0.328 e. The van der Waals surface area contributed by atoms with Crippen LogP contribution in [0.2, 0.25) is 0 Å². The molecule has 3 rings (SSSR count). The number of carbonyl (C=O) groups is 1. The summed E-state index contributed by atoms with van der Waals surface area (Å²) in [5.74, 6) is 0.327. The molecule has 0 fully saturated rings. The fraction of sp³-hybridized carbons (Fsp3) is 0.0625. The first kappa shape index (κ1) is 12.3. The normalized spacial score (nSPS) is 13.3. The first-order chi connectivity index (χ1) is 9.74. The van der Waals surface area contributed by atoms with Crippen molar-refractivity contribution in [2.75, 3.05) is 6.79 Å². The molecule has 1 heterocycles. The smallest absolute Gasteiger partial charge is 0.328 e. The third-order valence-corrected chi connectivity index (χ3v) is 3.04. The number of carboxylic acids is 1. The van der Waals surface area contributed by atoms with E-state index in [0.29, 0.717) is 17.1 Å². The average molecular weight is 268 g/mol. The van der Waals surface area contributed by atoms with Crippen LogP contribution >= 0.6 is 0 Å². The van der Waals surface area contributed by atoms with Gasteiger partial charge in [-0.25, -0.2) is 4.79 Å². The van der Waals surface area contributed by atoms with Crippen molar-refractivity contribution in [3.63, 3.8) is 0 Å². The summed E-state index contributed by atoms with van der Waals surface area (Å²) in [4.78, 5) is 11.1. The Balaban J connectivity index is 2.09. The maximum absolute atomic E-state index is 11.1. The minimum atomic E-state index is -0.985. The number of rotatable bonds is 3. The fourth-order valence-corrected chi connectivity index (χ4v) is 2.14. The molecule has 2 aromatic carbocycles. The highest BCUT2D eigenvalue weighted by Gasteiger charge is 2.15. The van der Waals surface area contributed by atoms with E-state index in [1.807, 2.05) is 36.4 Å². The monoisotopic (exact) mass is 268 g/mol. The number of carboxylic acid groups (broad SMARTS) is 1. The van der Waals surface area contributed by atoms with E-state index in [4.69, 9.17) is 14.6 Å². The fourth-order valence-electron chi connectivity index (χ4n) is 2.14. The number of benzene rings is 2. The Kier molecular flexibility index (Phi) is 3.13. The Hall–Kier alpha value is -2.75. The molecule has 0 atom stereocenters. The molecule has 4 nitrogen and oxygen atoms in total. The second kappa shape index (κ2) is 5.09. The number of hydrogen-bond acceptors (Lipinski definition) is 3. The topological polar surface area (TPSA) is 55.8 Å². The quantitative estimate of drug-likeness (QED) is 0.869. The highest BCUT2D eigenvalue weighted by atomic mass is 16.7. The zero-order valence-corrected chi connectivity index (χ0v) is 10.6. The summed E-state index contributed by atoms with van der Waals surface area (Å²) < 4.78 is 10.6. The largest absolute Gasteiger partial charge is 0.478 e. The van der Waals surface area contributed by atoms with Crippen LogP contribution in [-0.4, -0.2) is 17.9 Å². The summed E-state index contributed by atoms with van der Waals surface area (Å²) in [5, 5.41) is 9.07. The van der Waals surface area contributed by atoms with Crippen molar-refractivity contribution < 1.29 is 19.4 Å². The van der Waals surface area contributed by atoms with Gasteiger partial charge in [0, 0.05) is 6.08 Å². The van der Waals surface area contributed by atoms with Crippen LogP contribution in [0.25, 0.3) is 5.57 Å². The minimum absolute atomic E-state index is 0.197. The first-order valence-electron chi connectivity index (χ1n) is 6.14. The lowest BCUT2D eigenvalue weighted by molar-refractivity contribution is -0.131. The van der Waals surface area contributed by atoms with Crippen molar-refractivity contribution in [1.82, 2.24) is 0 Å². The van der Waals surface area contributed by atoms with E-state index in [9.17, 15) is 4.79 Å². The second-order valence-corrected chi connectivity index (χ2v) is 4.33. The van der Waals surface area contributed by atoms with Gasteiger partial charge in [-0.05, 0) is 28.8 Å². The van der Waals surface area contributed by atoms with Gasteiger partial charge in [0.15, 0.2) is 11.5 Å². The molecular formula is C16H12O4. The highest BCUT2D eigenvalue weighted by Crippen LogP contribution is 2.35. The summed E-state index contributed by atoms with van der Waals surface area (Å²) in [7, 11) is 0. The van der Waals surface area contributed by atoms with Crippen LogP contribution in [-0.2, 0) is 4.79 Å². The lowest BCUT2D eigenvalue weighted by atomic mass is 9.97. The Morgan fingerprint density at radius 3 is 2.50 bits per heavy atom. The average Bonchev–Trinajstić information content (AvgIpc) is 2.93. The van der Waals surface area contributed by atoms with Crippen molar-refractivity contribution in [3.8, 4) is 11.5 Å². The molecule has 1 aliphatic heterocycles. The van der Waals surface area contributed by atoms with Crippen molar-refractivity contribution in [3.05, 3.63) is 65.7 Å². The van der Waals surface area contributed by atoms with Gasteiger partial charge in [0.2, 0.25) is 6.79 Å². The summed E-state index contributed by atoms with van der Waals surface area (Å²) in [5.41, 5.74) is 2.26. The highest BCUT2D eigenvalue weighted by molar-refractivity contribution is 5.95. The molecule has 0 bridgehead atoms. The van der Waals surface area contributed by atoms with Gasteiger partial charge in [-0.2, -0.15) is 0 Å². The van der Waals surface area contributed by atoms with E-state index in [0.717, 1.165) is 11.1 Å². The van der Waals surface area contributed by atoms with Crippen molar-refractivity contribution in [2.24, 2.45) is 0 Å². The second-order valence-electron chi connectivity index (χ2n) is 4.33. The van der Waals surface area contributed by atoms with Gasteiger partial charge in [-0.3, -0.25) is 0 Å². The van der Waals surface area contributed by atoms with Crippen LogP contribution in [0, 0.1) is 0 Å². The summed E-state index contributed by atoms with van der Waals surface area (Å²) in [6, 6.07) is 14.8. The predicted molar refractivity (Wildman–Crippen MR) is 73.7 cm³/mol. The van der Waals surface area contributed by atoms with Crippen LogP contribution < -0.4 is 9.47 Å². The molecule has 4 heteroatoms. The van der Waals surface area contributed by atoms with Gasteiger partial charge in [0.25, 0.3) is 0 Å². The standard InChI is InChI=1S/C16H12O4/c17-16(18)9-13(11-4-2-1-3-5-11)12-6-7-14-15(8-12)20-10-19-14/h1-9H,10H2,(H,17,18)/b13-9+. The molecule has 100 valence electrons. The van der Waals surface area contributed by atoms with Gasteiger partial charge >= 0.3 is 5.97 Å². The summed E-state index contributed by atoms with van der Waals surface area (Å²) >= 11 is 0. The molecule has 0 unspecified atom stereocenters. The lowest BCUT2D eigenvalue weighted by Gasteiger charge is -2.08. The van der Waals surface area contributed by atoms with E-state index in [-0.39, 0.29) is 6.79 Å². The van der Waals surface area contributed by atoms with Crippen molar-refractivity contribution in [1.29, 1.82) is 0 Å². The van der Waals surface area contributed by atoms with E-state index in [1.165, 1.54) is 6.08 Å². The lowest BCUT2D eigenvalue weighted by Crippen LogP contribution is -1.95. The summed E-state index contributed by atoms with van der Waals surface area (Å²) in [6.45, 7) is 0.197. The third kappa shape index (κ3) is 2.36. The molecule has 1 N–H and O–H groups in total. The van der Waals surface area contributed by atoms with Crippen LogP contribution in [0.3, 0.4) is 0 Å². The van der Waals surface area contributed by atoms with Gasteiger partial charge in [-0.1, -0.05) is 36.4 Å². The molecular weight excluding hydrogens is 256 g/mol. The molecule has 0 spiro atoms. The van der Waals surface area contributed by atoms with E-state index in [1.54, 1.807) is 12.1 Å². The predicted octanol–water partition coefficient (Wildman–Crippen LogP) is 2.93. The zero-order chi connectivity index (χ0) is 13.9. The van der Waals surface area contributed by atoms with Crippen LogP contribution in [0.1, 0.15) is 11.1 Å². The van der Waals surface area contributed by atoms with E-state index in [2.05, 4.69) is 0 Å². The van der Waals surface area contributed by atoms with Gasteiger partial charge in [0.05, 0.1) is 0 Å². The van der Waals surface area contributed by atoms with E-state index >= 15 is 0 Å². The SMILES string of the molecule is O=C(O)/C=C(\c1ccccc1)c1ccc2c(c1)OCO2. The molecule has 0 aliphatic carbocycles. The van der Waals surface area contributed by atoms with Crippen molar-refractivity contribution >= 4 is 11.5 Å². The summed E-state index contributed by atoms with van der Waals surface area (Å²) in [6.07, 6.45) is 1.20. The molecule has 20 heavy (non-hydrogen) atoms. The molecule has 0 aromatic heterocycles. The van der Waals surface area contributed by atoms with Crippen molar-refractivity contribution in [2.45, 2.75) is 0 Å². The number of hydrogen-bond donors (Lipinski definition) is 1. The number of fused-ring (bicyclic) bond motifs is 1. The Morgan fingerprint density at radius 2 is 1.75 bits per heavy atom. The van der Waals surface area contributed by atoms with E-state index < -0.39 is 5.97 Å². The minimum Gasteiger partial charge on any atom is -0.478 e. The molecule has 0 saturated heterocycles. The van der Waals surface area contributed by atoms with Crippen LogP contribution in [0.15, 0.2) is 54.6 Å². The Labute approximate surface area is 115 Å². The number of ether oxygens (including phenoxy) is 2. The Morgan fingerprint density at radius 1 is 1.00 bits per heavy atom. The zero-order valence-electron chi connectivity index (χ0n) is 10.6. The molecule has 2 aromatic rings. The van der Waals surface area contributed by atoms with Gasteiger partial charge < -0.3 is 14.6 Å². The molecule has 0 amide bonds. The third-order valence-electron chi connectivity index (χ3n) is 3.04. The van der Waals surface area contributed by atoms with Crippen LogP contribution in [0.4, 0.5) is 0 Å². The Bertz CT molecular complexity index is 674. The molecule has 1 aliphatic rings. The first-order valence-corrected chi connectivity index (χ1v) is 6.14. The van der Waals surface area contributed by atoms with Gasteiger partial charge in [-0.15, -0.1) is 0 Å². The van der Waals surface area contributed by atoms with Crippen LogP contribution in [0.5, 0.6) is 11.5 Å². The maximum atomic E-state index is 11.1.